The third kappa shape index (κ3) is 3.74. The molecule has 7 nitrogen and oxygen atoms in total. The number of nitrogens with one attached hydrogen (secondary N) is 2. The summed E-state index contributed by atoms with van der Waals surface area (Å²) >= 11 is 1.51. The molecule has 8 heteroatoms. The van der Waals surface area contributed by atoms with E-state index in [1.54, 1.807) is 6.33 Å². The maximum atomic E-state index is 12.3. The minimum Gasteiger partial charge on any atom is -0.347 e. The van der Waals surface area contributed by atoms with Crippen molar-refractivity contribution in [1.82, 2.24) is 25.4 Å². The molecule has 132 valence electrons. The van der Waals surface area contributed by atoms with Crippen LogP contribution in [0.15, 0.2) is 6.33 Å². The maximum absolute atomic E-state index is 12.3. The van der Waals surface area contributed by atoms with Gasteiger partial charge in [-0.05, 0) is 26.7 Å². The molecule has 1 aromatic rings. The van der Waals surface area contributed by atoms with Gasteiger partial charge in [-0.2, -0.15) is 0 Å². The minimum absolute atomic E-state index is 0.0933. The molecule has 0 radical (unpaired) electrons. The Morgan fingerprint density at radius 3 is 2.88 bits per heavy atom. The number of thioether (sulfide) groups is 1. The Bertz CT molecular complexity index is 609. The zero-order valence-corrected chi connectivity index (χ0v) is 15.1. The van der Waals surface area contributed by atoms with Crippen LogP contribution in [0.3, 0.4) is 0 Å². The highest BCUT2D eigenvalue weighted by Gasteiger charge is 2.37. The second kappa shape index (κ2) is 7.13. The molecule has 0 unspecified atom stereocenters. The van der Waals surface area contributed by atoms with E-state index in [0.29, 0.717) is 18.3 Å². The van der Waals surface area contributed by atoms with Gasteiger partial charge in [0.15, 0.2) is 5.82 Å². The summed E-state index contributed by atoms with van der Waals surface area (Å²) in [5.41, 5.74) is 0. The lowest BCUT2D eigenvalue weighted by atomic mass is 9.95. The Kier molecular flexibility index (Phi) is 5.12. The largest absolute Gasteiger partial charge is 0.347 e. The fourth-order valence-electron chi connectivity index (χ4n) is 3.22. The summed E-state index contributed by atoms with van der Waals surface area (Å²) in [4.78, 5) is 24.3. The lowest BCUT2D eigenvalue weighted by molar-refractivity contribution is -0.129. The summed E-state index contributed by atoms with van der Waals surface area (Å²) in [6.07, 6.45) is 7.80. The summed E-state index contributed by atoms with van der Waals surface area (Å²) in [6.45, 7) is 4.08. The zero-order chi connectivity index (χ0) is 17.2. The van der Waals surface area contributed by atoms with Gasteiger partial charge in [0.25, 0.3) is 0 Å². The molecule has 2 amide bonds. The first-order chi connectivity index (χ1) is 11.5. The number of rotatable bonds is 4. The van der Waals surface area contributed by atoms with Crippen molar-refractivity contribution in [1.29, 1.82) is 0 Å². The number of nitrogens with zero attached hydrogens (tertiary/aromatic N) is 3. The van der Waals surface area contributed by atoms with Gasteiger partial charge < -0.3 is 15.2 Å². The van der Waals surface area contributed by atoms with Gasteiger partial charge in [-0.25, -0.2) is 0 Å². The summed E-state index contributed by atoms with van der Waals surface area (Å²) in [6, 6.07) is -0.0482. The lowest BCUT2D eigenvalue weighted by Gasteiger charge is -2.32. The Morgan fingerprint density at radius 2 is 2.17 bits per heavy atom. The highest BCUT2D eigenvalue weighted by molar-refractivity contribution is 8.01. The van der Waals surface area contributed by atoms with Crippen LogP contribution in [0, 0.1) is 0 Å². The van der Waals surface area contributed by atoms with E-state index in [2.05, 4.69) is 25.4 Å². The standard InChI is InChI=1S/C16H25N5O2S/c1-16(2)15(23)19-12(9-24-16)14(22)17-8-13-20-18-10-21(13)11-6-4-3-5-7-11/h10-12H,3-9H2,1-2H3,(H,17,22)(H,19,23)/t12-/m0/s1. The van der Waals surface area contributed by atoms with Gasteiger partial charge in [0, 0.05) is 11.8 Å². The lowest BCUT2D eigenvalue weighted by Crippen LogP contribution is -2.57. The first kappa shape index (κ1) is 17.3. The van der Waals surface area contributed by atoms with Crippen molar-refractivity contribution >= 4 is 23.6 Å². The Morgan fingerprint density at radius 1 is 1.42 bits per heavy atom. The topological polar surface area (TPSA) is 88.9 Å². The van der Waals surface area contributed by atoms with Crippen molar-refractivity contribution in [3.8, 4) is 0 Å². The second-order valence-corrected chi connectivity index (χ2v) is 8.65. The molecular formula is C16H25N5O2S. The first-order valence-corrected chi connectivity index (χ1v) is 9.57. The van der Waals surface area contributed by atoms with E-state index in [-0.39, 0.29) is 11.8 Å². The van der Waals surface area contributed by atoms with E-state index in [9.17, 15) is 9.59 Å². The molecular weight excluding hydrogens is 326 g/mol. The predicted octanol–water partition coefficient (Wildman–Crippen LogP) is 1.41. The van der Waals surface area contributed by atoms with Crippen molar-refractivity contribution in [3.63, 3.8) is 0 Å². The third-order valence-electron chi connectivity index (χ3n) is 4.82. The van der Waals surface area contributed by atoms with Gasteiger partial charge in [-0.3, -0.25) is 9.59 Å². The Balaban J connectivity index is 1.55. The predicted molar refractivity (Wildman–Crippen MR) is 92.5 cm³/mol. The van der Waals surface area contributed by atoms with Crippen LogP contribution in [0.2, 0.25) is 0 Å². The van der Waals surface area contributed by atoms with Crippen molar-refractivity contribution in [2.24, 2.45) is 0 Å². The van der Waals surface area contributed by atoms with Crippen LogP contribution >= 0.6 is 11.8 Å². The van der Waals surface area contributed by atoms with E-state index in [1.807, 2.05) is 13.8 Å². The first-order valence-electron chi connectivity index (χ1n) is 8.58. The van der Waals surface area contributed by atoms with Crippen LogP contribution in [-0.4, -0.2) is 43.1 Å². The van der Waals surface area contributed by atoms with Crippen LogP contribution in [0.1, 0.15) is 57.8 Å². The van der Waals surface area contributed by atoms with Crippen molar-refractivity contribution < 1.29 is 9.59 Å². The summed E-state index contributed by atoms with van der Waals surface area (Å²) in [7, 11) is 0. The molecule has 0 bridgehead atoms. The summed E-state index contributed by atoms with van der Waals surface area (Å²) < 4.78 is 1.62. The molecule has 24 heavy (non-hydrogen) atoms. The molecule has 1 aromatic heterocycles. The molecule has 2 heterocycles. The molecule has 1 saturated heterocycles. The van der Waals surface area contributed by atoms with Gasteiger partial charge >= 0.3 is 0 Å². The average Bonchev–Trinajstić information content (AvgIpc) is 3.04. The number of carbonyl (C=O) groups excluding carboxylic acids is 2. The zero-order valence-electron chi connectivity index (χ0n) is 14.2. The number of hydrogen-bond donors (Lipinski definition) is 2. The fourth-order valence-corrected chi connectivity index (χ4v) is 4.23. The molecule has 1 aliphatic carbocycles. The third-order valence-corrected chi connectivity index (χ3v) is 6.22. The van der Waals surface area contributed by atoms with Gasteiger partial charge in [0.1, 0.15) is 12.4 Å². The van der Waals surface area contributed by atoms with Crippen molar-refractivity contribution in [2.75, 3.05) is 5.75 Å². The number of amides is 2. The van der Waals surface area contributed by atoms with Crippen LogP contribution in [0.5, 0.6) is 0 Å². The molecule has 0 spiro atoms. The molecule has 1 aliphatic heterocycles. The minimum atomic E-state index is -0.485. The molecule has 2 N–H and O–H groups in total. The fraction of sp³-hybridized carbons (Fsp3) is 0.750. The van der Waals surface area contributed by atoms with Crippen LogP contribution in [0.4, 0.5) is 0 Å². The monoisotopic (exact) mass is 351 g/mol. The molecule has 3 rings (SSSR count). The highest BCUT2D eigenvalue weighted by atomic mass is 32.2. The van der Waals surface area contributed by atoms with Gasteiger partial charge in [-0.15, -0.1) is 22.0 Å². The van der Waals surface area contributed by atoms with Crippen molar-refractivity contribution in [3.05, 3.63) is 12.2 Å². The van der Waals surface area contributed by atoms with E-state index >= 15 is 0 Å². The second-order valence-electron chi connectivity index (χ2n) is 7.01. The van der Waals surface area contributed by atoms with Gasteiger partial charge in [0.2, 0.25) is 11.8 Å². The number of aromatic nitrogens is 3. The van der Waals surface area contributed by atoms with Gasteiger partial charge in [-0.1, -0.05) is 19.3 Å². The Labute approximate surface area is 146 Å². The van der Waals surface area contributed by atoms with Crippen LogP contribution < -0.4 is 10.6 Å². The highest BCUT2D eigenvalue weighted by Crippen LogP contribution is 2.29. The van der Waals surface area contributed by atoms with E-state index < -0.39 is 10.8 Å². The smallest absolute Gasteiger partial charge is 0.243 e. The van der Waals surface area contributed by atoms with E-state index in [4.69, 9.17) is 0 Å². The number of hydrogen-bond acceptors (Lipinski definition) is 5. The molecule has 0 aromatic carbocycles. The van der Waals surface area contributed by atoms with Gasteiger partial charge in [0.05, 0.1) is 11.3 Å². The summed E-state index contributed by atoms with van der Waals surface area (Å²) in [5, 5.41) is 13.9. The quantitative estimate of drug-likeness (QED) is 0.856. The molecule has 1 saturated carbocycles. The normalized spacial score (nSPS) is 24.4. The maximum Gasteiger partial charge on any atom is 0.243 e. The molecule has 2 fully saturated rings. The average molecular weight is 351 g/mol. The van der Waals surface area contributed by atoms with E-state index in [0.717, 1.165) is 18.7 Å². The van der Waals surface area contributed by atoms with Crippen molar-refractivity contribution in [2.45, 2.75) is 69.3 Å². The molecule has 2 aliphatic rings. The summed E-state index contributed by atoms with van der Waals surface area (Å²) in [5.74, 6) is 1.11. The SMILES string of the molecule is CC1(C)SC[C@@H](C(=O)NCc2nncn2C2CCCCC2)NC1=O. The van der Waals surface area contributed by atoms with E-state index in [1.165, 1.54) is 31.0 Å². The van der Waals surface area contributed by atoms with Crippen LogP contribution in [0.25, 0.3) is 0 Å². The number of carbonyl (C=O) groups is 2. The molecule has 1 atom stereocenters. The Hall–Kier alpha value is -1.57. The van der Waals surface area contributed by atoms with Crippen LogP contribution in [-0.2, 0) is 16.1 Å².